The molecule has 4 rings (SSSR count). The summed E-state index contributed by atoms with van der Waals surface area (Å²) in [5, 5.41) is 4.14. The Balaban J connectivity index is 1.71. The fourth-order valence-electron chi connectivity index (χ4n) is 3.10. The van der Waals surface area contributed by atoms with Gasteiger partial charge in [0.15, 0.2) is 0 Å². The van der Waals surface area contributed by atoms with Crippen molar-refractivity contribution in [2.45, 2.75) is 18.9 Å². The van der Waals surface area contributed by atoms with Crippen LogP contribution in [-0.4, -0.2) is 33.1 Å². The molecule has 0 saturated carbocycles. The quantitative estimate of drug-likeness (QED) is 0.678. The lowest BCUT2D eigenvalue weighted by Crippen LogP contribution is -2.26. The van der Waals surface area contributed by atoms with E-state index in [0.29, 0.717) is 11.7 Å². The summed E-state index contributed by atoms with van der Waals surface area (Å²) < 4.78 is 6.69. The summed E-state index contributed by atoms with van der Waals surface area (Å²) in [6.07, 6.45) is 4.14. The lowest BCUT2D eigenvalue weighted by atomic mass is 10.1. The molecular formula is C18H17BrN4O. The van der Waals surface area contributed by atoms with Gasteiger partial charge in [0.1, 0.15) is 11.7 Å². The lowest BCUT2D eigenvalue weighted by molar-refractivity contribution is 0.225. The minimum atomic E-state index is -0.00874. The van der Waals surface area contributed by atoms with Gasteiger partial charge in [-0.15, -0.1) is 0 Å². The minimum Gasteiger partial charge on any atom is -0.337 e. The number of nitrogens with zero attached hydrogens (tertiary/aromatic N) is 4. The van der Waals surface area contributed by atoms with Gasteiger partial charge >= 0.3 is 0 Å². The molecular weight excluding hydrogens is 368 g/mol. The molecule has 0 aliphatic carbocycles. The van der Waals surface area contributed by atoms with E-state index in [9.17, 15) is 0 Å². The maximum absolute atomic E-state index is 5.62. The van der Waals surface area contributed by atoms with Gasteiger partial charge in [-0.05, 0) is 55.8 Å². The largest absolute Gasteiger partial charge is 0.337 e. The van der Waals surface area contributed by atoms with E-state index < -0.39 is 0 Å². The van der Waals surface area contributed by atoms with Gasteiger partial charge < -0.3 is 4.52 Å². The monoisotopic (exact) mass is 384 g/mol. The summed E-state index contributed by atoms with van der Waals surface area (Å²) in [6, 6.07) is 14.0. The van der Waals surface area contributed by atoms with E-state index >= 15 is 0 Å². The van der Waals surface area contributed by atoms with Crippen molar-refractivity contribution in [2.75, 3.05) is 13.1 Å². The first-order valence-electron chi connectivity index (χ1n) is 8.06. The molecule has 1 fully saturated rings. The van der Waals surface area contributed by atoms with Crippen molar-refractivity contribution in [3.63, 3.8) is 0 Å². The standard InChI is InChI=1S/C18H17BrN4O/c19-14-8-6-13(7-9-14)16(23-11-3-4-12-23)18-21-17(22-24-18)15-5-1-2-10-20-15/h1-2,5-10,16H,3-4,11-12H2. The molecule has 1 aromatic carbocycles. The molecule has 3 heterocycles. The Hall–Kier alpha value is -2.05. The molecule has 0 amide bonds. The highest BCUT2D eigenvalue weighted by Gasteiger charge is 2.30. The molecule has 3 aromatic rings. The molecule has 1 aliphatic rings. The van der Waals surface area contributed by atoms with Gasteiger partial charge in [-0.1, -0.05) is 39.3 Å². The van der Waals surface area contributed by atoms with E-state index in [-0.39, 0.29) is 6.04 Å². The van der Waals surface area contributed by atoms with E-state index in [2.05, 4.69) is 60.2 Å². The SMILES string of the molecule is Brc1ccc(C(c2nc(-c3ccccn3)no2)N2CCCC2)cc1. The van der Waals surface area contributed by atoms with Crippen LogP contribution in [0.25, 0.3) is 11.5 Å². The van der Waals surface area contributed by atoms with Crippen molar-refractivity contribution in [3.05, 3.63) is 64.6 Å². The normalized spacial score (nSPS) is 16.4. The molecule has 24 heavy (non-hydrogen) atoms. The fourth-order valence-corrected chi connectivity index (χ4v) is 3.36. The summed E-state index contributed by atoms with van der Waals surface area (Å²) >= 11 is 3.50. The maximum atomic E-state index is 5.62. The zero-order valence-corrected chi connectivity index (χ0v) is 14.7. The van der Waals surface area contributed by atoms with E-state index in [4.69, 9.17) is 4.52 Å². The van der Waals surface area contributed by atoms with E-state index in [1.165, 1.54) is 12.8 Å². The second-order valence-corrected chi connectivity index (χ2v) is 6.78. The summed E-state index contributed by atoms with van der Waals surface area (Å²) in [4.78, 5) is 11.3. The van der Waals surface area contributed by atoms with Crippen molar-refractivity contribution in [1.82, 2.24) is 20.0 Å². The van der Waals surface area contributed by atoms with Gasteiger partial charge in [0.25, 0.3) is 0 Å². The van der Waals surface area contributed by atoms with Crippen LogP contribution in [0, 0.1) is 0 Å². The number of likely N-dealkylation sites (tertiary alicyclic amines) is 1. The highest BCUT2D eigenvalue weighted by atomic mass is 79.9. The Morgan fingerprint density at radius 1 is 1.04 bits per heavy atom. The van der Waals surface area contributed by atoms with Crippen molar-refractivity contribution in [1.29, 1.82) is 0 Å². The first-order chi connectivity index (χ1) is 11.8. The molecule has 6 heteroatoms. The molecule has 0 spiro atoms. The predicted octanol–water partition coefficient (Wildman–Crippen LogP) is 4.08. The average molecular weight is 385 g/mol. The van der Waals surface area contributed by atoms with Crippen LogP contribution >= 0.6 is 15.9 Å². The van der Waals surface area contributed by atoms with Gasteiger partial charge in [0.05, 0.1) is 0 Å². The molecule has 5 nitrogen and oxygen atoms in total. The molecule has 0 radical (unpaired) electrons. The third-order valence-electron chi connectivity index (χ3n) is 4.26. The molecule has 0 bridgehead atoms. The third-order valence-corrected chi connectivity index (χ3v) is 4.79. The number of hydrogen-bond acceptors (Lipinski definition) is 5. The Kier molecular flexibility index (Phi) is 4.40. The highest BCUT2D eigenvalue weighted by Crippen LogP contribution is 2.32. The van der Waals surface area contributed by atoms with Crippen LogP contribution < -0.4 is 0 Å². The molecule has 1 aliphatic heterocycles. The zero-order valence-electron chi connectivity index (χ0n) is 13.1. The number of aromatic nitrogens is 3. The predicted molar refractivity (Wildman–Crippen MR) is 94.3 cm³/mol. The van der Waals surface area contributed by atoms with E-state index in [1.807, 2.05) is 18.2 Å². The average Bonchev–Trinajstić information content (AvgIpc) is 3.30. The van der Waals surface area contributed by atoms with Gasteiger partial charge in [-0.2, -0.15) is 4.98 Å². The third kappa shape index (κ3) is 3.12. The van der Waals surface area contributed by atoms with Crippen molar-refractivity contribution in [3.8, 4) is 11.5 Å². The molecule has 1 saturated heterocycles. The molecule has 122 valence electrons. The number of rotatable bonds is 4. The summed E-state index contributed by atoms with van der Waals surface area (Å²) in [7, 11) is 0. The molecule has 1 atom stereocenters. The van der Waals surface area contributed by atoms with Crippen molar-refractivity contribution in [2.24, 2.45) is 0 Å². The molecule has 0 N–H and O–H groups in total. The number of benzene rings is 1. The van der Waals surface area contributed by atoms with Crippen LogP contribution in [0.5, 0.6) is 0 Å². The Labute approximate surface area is 148 Å². The van der Waals surface area contributed by atoms with Crippen LogP contribution in [0.15, 0.2) is 57.7 Å². The first-order valence-corrected chi connectivity index (χ1v) is 8.85. The second-order valence-electron chi connectivity index (χ2n) is 5.87. The Bertz CT molecular complexity index is 797. The minimum absolute atomic E-state index is 0.00874. The Morgan fingerprint density at radius 2 is 1.83 bits per heavy atom. The second kappa shape index (κ2) is 6.83. The van der Waals surface area contributed by atoms with Crippen LogP contribution in [0.1, 0.15) is 30.3 Å². The van der Waals surface area contributed by atoms with Crippen LogP contribution in [0.4, 0.5) is 0 Å². The topological polar surface area (TPSA) is 55.1 Å². The highest BCUT2D eigenvalue weighted by molar-refractivity contribution is 9.10. The first kappa shape index (κ1) is 15.5. The van der Waals surface area contributed by atoms with Gasteiger partial charge in [-0.3, -0.25) is 9.88 Å². The molecule has 2 aromatic heterocycles. The number of hydrogen-bond donors (Lipinski definition) is 0. The molecule has 1 unspecified atom stereocenters. The maximum Gasteiger partial charge on any atom is 0.248 e. The number of pyridine rings is 1. The fraction of sp³-hybridized carbons (Fsp3) is 0.278. The van der Waals surface area contributed by atoms with Crippen molar-refractivity contribution < 1.29 is 4.52 Å². The van der Waals surface area contributed by atoms with Gasteiger partial charge in [0, 0.05) is 10.7 Å². The summed E-state index contributed by atoms with van der Waals surface area (Å²) in [5.41, 5.74) is 1.89. The Morgan fingerprint density at radius 3 is 2.54 bits per heavy atom. The van der Waals surface area contributed by atoms with Gasteiger partial charge in [0.2, 0.25) is 11.7 Å². The van der Waals surface area contributed by atoms with E-state index in [1.54, 1.807) is 6.20 Å². The number of halogens is 1. The smallest absolute Gasteiger partial charge is 0.248 e. The van der Waals surface area contributed by atoms with E-state index in [0.717, 1.165) is 28.8 Å². The van der Waals surface area contributed by atoms with Crippen LogP contribution in [0.3, 0.4) is 0 Å². The van der Waals surface area contributed by atoms with Crippen LogP contribution in [0.2, 0.25) is 0 Å². The summed E-state index contributed by atoms with van der Waals surface area (Å²) in [5.74, 6) is 1.16. The van der Waals surface area contributed by atoms with Crippen LogP contribution in [-0.2, 0) is 0 Å². The lowest BCUT2D eigenvalue weighted by Gasteiger charge is -2.24. The van der Waals surface area contributed by atoms with Gasteiger partial charge in [-0.25, -0.2) is 0 Å². The van der Waals surface area contributed by atoms with Crippen molar-refractivity contribution >= 4 is 15.9 Å². The summed E-state index contributed by atoms with van der Waals surface area (Å²) in [6.45, 7) is 2.09. The zero-order chi connectivity index (χ0) is 16.4.